The number of carboxylic acid groups (broad SMARTS) is 1. The van der Waals surface area contributed by atoms with Crippen molar-refractivity contribution in [2.24, 2.45) is 0 Å². The van der Waals surface area contributed by atoms with Crippen molar-refractivity contribution in [3.8, 4) is 0 Å². The van der Waals surface area contributed by atoms with Crippen LogP contribution in [-0.2, 0) is 9.59 Å². The van der Waals surface area contributed by atoms with Crippen molar-refractivity contribution in [2.75, 3.05) is 23.7 Å². The maximum absolute atomic E-state index is 13.7. The van der Waals surface area contributed by atoms with Crippen molar-refractivity contribution in [1.29, 1.82) is 0 Å². The van der Waals surface area contributed by atoms with Crippen LogP contribution in [0, 0.1) is 12.7 Å². The average molecular weight is 568 g/mol. The molecule has 1 saturated heterocycles. The Morgan fingerprint density at radius 3 is 2.10 bits per heavy atom. The van der Waals surface area contributed by atoms with E-state index in [-0.39, 0.29) is 13.1 Å². The van der Waals surface area contributed by atoms with Gasteiger partial charge in [0.1, 0.15) is 5.82 Å². The summed E-state index contributed by atoms with van der Waals surface area (Å²) in [5.74, 6) is -2.50. The molecule has 5 amide bonds. The molecule has 12 heteroatoms. The Balaban J connectivity index is 1.60. The lowest BCUT2D eigenvalue weighted by molar-refractivity contribution is -0.138. The van der Waals surface area contributed by atoms with E-state index in [9.17, 15) is 28.7 Å². The van der Waals surface area contributed by atoms with Gasteiger partial charge in [-0.3, -0.25) is 19.4 Å². The number of carbonyl (C=O) groups is 4. The minimum atomic E-state index is -1.41. The standard InChI is InChI=1S/C28H27ClFN5O5/c1-17-3-2-4-22(15-17)32-28(40)35-14-13-34(27(39)31-21-11-7-19(29)8-12-21)26(35)25(38)33-23(16-24(36)37)18-5-9-20(30)10-6-18/h2-12,15,23,26H,13-14,16H2,1H3,(H,31,39)(H,32,40)(H,33,38)(H,36,37). The molecular formula is C28H27ClFN5O5. The summed E-state index contributed by atoms with van der Waals surface area (Å²) in [7, 11) is 0. The molecule has 40 heavy (non-hydrogen) atoms. The second-order valence-corrected chi connectivity index (χ2v) is 9.64. The Bertz CT molecular complexity index is 1400. The highest BCUT2D eigenvalue weighted by atomic mass is 35.5. The van der Waals surface area contributed by atoms with Crippen LogP contribution >= 0.6 is 11.6 Å². The van der Waals surface area contributed by atoms with Gasteiger partial charge in [0.05, 0.1) is 12.5 Å². The number of rotatable bonds is 7. The number of anilines is 2. The molecule has 0 bridgehead atoms. The molecule has 3 aromatic rings. The van der Waals surface area contributed by atoms with Crippen molar-refractivity contribution in [3.63, 3.8) is 0 Å². The maximum Gasteiger partial charge on any atom is 0.323 e. The van der Waals surface area contributed by atoms with Gasteiger partial charge in [-0.15, -0.1) is 0 Å². The highest BCUT2D eigenvalue weighted by Crippen LogP contribution is 2.23. The number of amides is 5. The van der Waals surface area contributed by atoms with Crippen LogP contribution in [0.4, 0.5) is 25.4 Å². The van der Waals surface area contributed by atoms with E-state index in [4.69, 9.17) is 11.6 Å². The van der Waals surface area contributed by atoms with E-state index in [1.54, 1.807) is 42.5 Å². The molecule has 0 saturated carbocycles. The van der Waals surface area contributed by atoms with E-state index in [1.807, 2.05) is 13.0 Å². The highest BCUT2D eigenvalue weighted by Gasteiger charge is 2.43. The maximum atomic E-state index is 13.7. The summed E-state index contributed by atoms with van der Waals surface area (Å²) in [4.78, 5) is 54.2. The Hall–Kier alpha value is -4.64. The number of urea groups is 2. The zero-order valence-corrected chi connectivity index (χ0v) is 22.2. The van der Waals surface area contributed by atoms with E-state index >= 15 is 0 Å². The first-order valence-corrected chi connectivity index (χ1v) is 12.7. The van der Waals surface area contributed by atoms with E-state index in [0.29, 0.717) is 22.0 Å². The van der Waals surface area contributed by atoms with Crippen molar-refractivity contribution < 1.29 is 28.7 Å². The van der Waals surface area contributed by atoms with Crippen LogP contribution < -0.4 is 16.0 Å². The normalized spacial score (nSPS) is 15.3. The summed E-state index contributed by atoms with van der Waals surface area (Å²) in [6.07, 6.45) is -1.91. The molecule has 10 nitrogen and oxygen atoms in total. The van der Waals surface area contributed by atoms with Gasteiger partial charge in [0.15, 0.2) is 6.17 Å². The third-order valence-electron chi connectivity index (χ3n) is 6.26. The molecule has 0 aliphatic carbocycles. The summed E-state index contributed by atoms with van der Waals surface area (Å²) in [5.41, 5.74) is 2.19. The third kappa shape index (κ3) is 7.06. The summed E-state index contributed by atoms with van der Waals surface area (Å²) >= 11 is 5.92. The van der Waals surface area contributed by atoms with Gasteiger partial charge >= 0.3 is 18.0 Å². The first-order chi connectivity index (χ1) is 19.1. The van der Waals surface area contributed by atoms with Crippen LogP contribution in [0.2, 0.25) is 5.02 Å². The van der Waals surface area contributed by atoms with Gasteiger partial charge in [-0.2, -0.15) is 0 Å². The van der Waals surface area contributed by atoms with Gasteiger partial charge in [-0.05, 0) is 66.6 Å². The van der Waals surface area contributed by atoms with E-state index < -0.39 is 48.4 Å². The predicted octanol–water partition coefficient (Wildman–Crippen LogP) is 4.83. The van der Waals surface area contributed by atoms with Crippen LogP contribution in [0.5, 0.6) is 0 Å². The van der Waals surface area contributed by atoms with E-state index in [1.165, 1.54) is 21.9 Å². The molecule has 4 rings (SSSR count). The van der Waals surface area contributed by atoms with E-state index in [2.05, 4.69) is 16.0 Å². The van der Waals surface area contributed by atoms with Crippen molar-refractivity contribution >= 4 is 46.9 Å². The van der Waals surface area contributed by atoms with Gasteiger partial charge in [0.2, 0.25) is 0 Å². The van der Waals surface area contributed by atoms with Gasteiger partial charge < -0.3 is 21.1 Å². The molecule has 2 atom stereocenters. The molecular weight excluding hydrogens is 541 g/mol. The molecule has 208 valence electrons. The number of carboxylic acids is 1. The Labute approximate surface area is 234 Å². The predicted molar refractivity (Wildman–Crippen MR) is 147 cm³/mol. The molecule has 0 spiro atoms. The van der Waals surface area contributed by atoms with Gasteiger partial charge in [-0.25, -0.2) is 14.0 Å². The number of hydrogen-bond donors (Lipinski definition) is 4. The number of aryl methyl sites for hydroxylation is 1. The van der Waals surface area contributed by atoms with Crippen molar-refractivity contribution in [2.45, 2.75) is 25.6 Å². The Kier molecular flexibility index (Phi) is 8.85. The first-order valence-electron chi connectivity index (χ1n) is 12.4. The fourth-order valence-corrected chi connectivity index (χ4v) is 4.48. The lowest BCUT2D eigenvalue weighted by Crippen LogP contribution is -2.56. The van der Waals surface area contributed by atoms with Gasteiger partial charge in [0.25, 0.3) is 5.91 Å². The minimum Gasteiger partial charge on any atom is -0.481 e. The van der Waals surface area contributed by atoms with Gasteiger partial charge in [0, 0.05) is 29.5 Å². The fourth-order valence-electron chi connectivity index (χ4n) is 4.35. The Morgan fingerprint density at radius 2 is 1.52 bits per heavy atom. The summed E-state index contributed by atoms with van der Waals surface area (Å²) < 4.78 is 13.5. The first kappa shape index (κ1) is 28.4. The zero-order chi connectivity index (χ0) is 28.8. The quantitative estimate of drug-likeness (QED) is 0.325. The van der Waals surface area contributed by atoms with Crippen LogP contribution in [0.3, 0.4) is 0 Å². The topological polar surface area (TPSA) is 131 Å². The average Bonchev–Trinajstić information content (AvgIpc) is 3.36. The lowest BCUT2D eigenvalue weighted by Gasteiger charge is -2.31. The number of nitrogens with zero attached hydrogens (tertiary/aromatic N) is 2. The number of carbonyl (C=O) groups excluding carboxylic acids is 3. The molecule has 1 aliphatic rings. The van der Waals surface area contributed by atoms with E-state index in [0.717, 1.165) is 17.7 Å². The zero-order valence-electron chi connectivity index (χ0n) is 21.4. The Morgan fingerprint density at radius 1 is 0.925 bits per heavy atom. The second-order valence-electron chi connectivity index (χ2n) is 9.21. The van der Waals surface area contributed by atoms with Crippen LogP contribution in [0.1, 0.15) is 23.6 Å². The number of nitrogens with one attached hydrogen (secondary N) is 3. The number of halogens is 2. The molecule has 1 aliphatic heterocycles. The molecule has 1 heterocycles. The van der Waals surface area contributed by atoms with Gasteiger partial charge in [-0.1, -0.05) is 35.9 Å². The highest BCUT2D eigenvalue weighted by molar-refractivity contribution is 6.30. The monoisotopic (exact) mass is 567 g/mol. The molecule has 3 aromatic carbocycles. The van der Waals surface area contributed by atoms with Crippen LogP contribution in [0.15, 0.2) is 72.8 Å². The number of aliphatic carboxylic acids is 1. The summed E-state index contributed by atoms with van der Waals surface area (Å²) in [6.45, 7) is 1.92. The van der Waals surface area contributed by atoms with Crippen LogP contribution in [-0.4, -0.2) is 58.1 Å². The van der Waals surface area contributed by atoms with Crippen molar-refractivity contribution in [1.82, 2.24) is 15.1 Å². The smallest absolute Gasteiger partial charge is 0.323 e. The molecule has 2 unspecified atom stereocenters. The second kappa shape index (κ2) is 12.5. The SMILES string of the molecule is Cc1cccc(NC(=O)N2CCN(C(=O)Nc3ccc(Cl)cc3)C2C(=O)NC(CC(=O)O)c2ccc(F)cc2)c1. The largest absolute Gasteiger partial charge is 0.481 e. The number of hydrogen-bond acceptors (Lipinski definition) is 4. The lowest BCUT2D eigenvalue weighted by atomic mass is 10.0. The molecule has 0 radical (unpaired) electrons. The molecule has 4 N–H and O–H groups in total. The van der Waals surface area contributed by atoms with Crippen molar-refractivity contribution in [3.05, 3.63) is 94.8 Å². The minimum absolute atomic E-state index is 0.0267. The molecule has 1 fully saturated rings. The van der Waals surface area contributed by atoms with Crippen LogP contribution in [0.25, 0.3) is 0 Å². The summed E-state index contributed by atoms with van der Waals surface area (Å²) in [5, 5.41) is 18.0. The summed E-state index contributed by atoms with van der Waals surface area (Å²) in [6, 6.07) is 16.2. The third-order valence-corrected chi connectivity index (χ3v) is 6.51. The molecule has 0 aromatic heterocycles. The fraction of sp³-hybridized carbons (Fsp3) is 0.214. The number of benzene rings is 3.